The SMILES string of the molecule is CC[C@H](C(=O)N[C@@H]1CC(C)(C)Oc2cc(C)ccc21)N(c1ccc(F)cc1)S(C)(=O)=O. The summed E-state index contributed by atoms with van der Waals surface area (Å²) in [7, 11) is -3.79. The summed E-state index contributed by atoms with van der Waals surface area (Å²) in [6, 6.07) is 9.61. The number of carbonyl (C=O) groups is 1. The Kier molecular flexibility index (Phi) is 6.32. The average molecular weight is 449 g/mol. The minimum atomic E-state index is -3.79. The average Bonchev–Trinajstić information content (AvgIpc) is 2.64. The predicted molar refractivity (Wildman–Crippen MR) is 119 cm³/mol. The van der Waals surface area contributed by atoms with Gasteiger partial charge >= 0.3 is 0 Å². The fourth-order valence-electron chi connectivity index (χ4n) is 4.00. The Bertz CT molecular complexity index is 1070. The number of sulfonamides is 1. The lowest BCUT2D eigenvalue weighted by Crippen LogP contribution is -2.51. The Morgan fingerprint density at radius 1 is 1.26 bits per heavy atom. The van der Waals surface area contributed by atoms with Crippen molar-refractivity contribution >= 4 is 21.6 Å². The van der Waals surface area contributed by atoms with Gasteiger partial charge in [0.05, 0.1) is 18.0 Å². The number of nitrogens with one attached hydrogen (secondary N) is 1. The summed E-state index contributed by atoms with van der Waals surface area (Å²) < 4.78 is 45.7. The van der Waals surface area contributed by atoms with Gasteiger partial charge in [0.1, 0.15) is 23.2 Å². The molecule has 1 aliphatic heterocycles. The van der Waals surface area contributed by atoms with Crippen LogP contribution in [0.15, 0.2) is 42.5 Å². The van der Waals surface area contributed by atoms with E-state index in [1.54, 1.807) is 6.92 Å². The van der Waals surface area contributed by atoms with Crippen LogP contribution in [0, 0.1) is 12.7 Å². The van der Waals surface area contributed by atoms with Gasteiger partial charge in [-0.1, -0.05) is 19.1 Å². The molecule has 0 aromatic heterocycles. The van der Waals surface area contributed by atoms with E-state index in [4.69, 9.17) is 4.74 Å². The zero-order valence-corrected chi connectivity index (χ0v) is 19.3. The zero-order valence-electron chi connectivity index (χ0n) is 18.5. The minimum Gasteiger partial charge on any atom is -0.487 e. The Morgan fingerprint density at radius 3 is 2.48 bits per heavy atom. The van der Waals surface area contributed by atoms with Crippen molar-refractivity contribution in [3.63, 3.8) is 0 Å². The van der Waals surface area contributed by atoms with Crippen LogP contribution in [0.3, 0.4) is 0 Å². The molecule has 2 aromatic carbocycles. The second-order valence-electron chi connectivity index (χ2n) is 8.63. The molecule has 0 saturated carbocycles. The Labute approximate surface area is 183 Å². The number of aryl methyl sites for hydroxylation is 1. The van der Waals surface area contributed by atoms with E-state index in [1.807, 2.05) is 39.0 Å². The molecule has 0 spiro atoms. The summed E-state index contributed by atoms with van der Waals surface area (Å²) in [5.74, 6) is -0.175. The van der Waals surface area contributed by atoms with E-state index in [9.17, 15) is 17.6 Å². The van der Waals surface area contributed by atoms with E-state index in [2.05, 4.69) is 5.32 Å². The summed E-state index contributed by atoms with van der Waals surface area (Å²) in [5, 5.41) is 3.04. The molecule has 1 heterocycles. The lowest BCUT2D eigenvalue weighted by Gasteiger charge is -2.39. The van der Waals surface area contributed by atoms with Crippen LogP contribution < -0.4 is 14.4 Å². The van der Waals surface area contributed by atoms with Crippen LogP contribution in [0.2, 0.25) is 0 Å². The Morgan fingerprint density at radius 2 is 1.90 bits per heavy atom. The van der Waals surface area contributed by atoms with Crippen molar-refractivity contribution in [2.75, 3.05) is 10.6 Å². The molecule has 0 bridgehead atoms. The van der Waals surface area contributed by atoms with Gasteiger partial charge in [0.15, 0.2) is 0 Å². The maximum Gasteiger partial charge on any atom is 0.244 e. The first kappa shape index (κ1) is 23.1. The fourth-order valence-corrected chi connectivity index (χ4v) is 5.22. The summed E-state index contributed by atoms with van der Waals surface area (Å²) >= 11 is 0. The molecular weight excluding hydrogens is 419 g/mol. The van der Waals surface area contributed by atoms with E-state index in [1.165, 1.54) is 24.3 Å². The van der Waals surface area contributed by atoms with Crippen LogP contribution in [0.1, 0.15) is 50.8 Å². The van der Waals surface area contributed by atoms with Gasteiger partial charge in [0.2, 0.25) is 15.9 Å². The van der Waals surface area contributed by atoms with Crippen LogP contribution in [0.25, 0.3) is 0 Å². The van der Waals surface area contributed by atoms with Crippen LogP contribution in [0.5, 0.6) is 5.75 Å². The van der Waals surface area contributed by atoms with E-state index in [0.717, 1.165) is 21.7 Å². The second kappa shape index (κ2) is 8.49. The maximum atomic E-state index is 13.4. The van der Waals surface area contributed by atoms with E-state index < -0.39 is 33.4 Å². The lowest BCUT2D eigenvalue weighted by atomic mass is 9.89. The molecule has 0 fully saturated rings. The number of ether oxygens (including phenoxy) is 1. The van der Waals surface area contributed by atoms with Gasteiger partial charge in [-0.2, -0.15) is 0 Å². The topological polar surface area (TPSA) is 75.7 Å². The van der Waals surface area contributed by atoms with Crippen molar-refractivity contribution in [2.24, 2.45) is 0 Å². The molecule has 1 amide bonds. The lowest BCUT2D eigenvalue weighted by molar-refractivity contribution is -0.123. The van der Waals surface area contributed by atoms with E-state index >= 15 is 0 Å². The highest BCUT2D eigenvalue weighted by Gasteiger charge is 2.37. The first-order valence-electron chi connectivity index (χ1n) is 10.3. The second-order valence-corrected chi connectivity index (χ2v) is 10.5. The minimum absolute atomic E-state index is 0.245. The largest absolute Gasteiger partial charge is 0.487 e. The molecule has 1 N–H and O–H groups in total. The molecule has 2 atom stereocenters. The number of fused-ring (bicyclic) bond motifs is 1. The Hall–Kier alpha value is -2.61. The number of nitrogens with zero attached hydrogens (tertiary/aromatic N) is 1. The third-order valence-corrected chi connectivity index (χ3v) is 6.53. The van der Waals surface area contributed by atoms with Gasteiger partial charge in [0, 0.05) is 12.0 Å². The zero-order chi connectivity index (χ0) is 23.0. The van der Waals surface area contributed by atoms with Crippen molar-refractivity contribution < 1.29 is 22.3 Å². The molecule has 6 nitrogen and oxygen atoms in total. The quantitative estimate of drug-likeness (QED) is 0.722. The number of halogens is 1. The number of anilines is 1. The van der Waals surface area contributed by atoms with Crippen molar-refractivity contribution in [1.82, 2.24) is 5.32 Å². The van der Waals surface area contributed by atoms with Crippen LogP contribution in [-0.2, 0) is 14.8 Å². The molecule has 0 aliphatic carbocycles. The summed E-state index contributed by atoms with van der Waals surface area (Å²) in [5.41, 5.74) is 1.66. The number of hydrogen-bond acceptors (Lipinski definition) is 4. The molecule has 0 saturated heterocycles. The number of carbonyl (C=O) groups excluding carboxylic acids is 1. The maximum absolute atomic E-state index is 13.4. The first-order valence-corrected chi connectivity index (χ1v) is 12.1. The van der Waals surface area contributed by atoms with E-state index in [0.29, 0.717) is 12.2 Å². The number of benzene rings is 2. The van der Waals surface area contributed by atoms with Crippen molar-refractivity contribution in [3.8, 4) is 5.75 Å². The highest BCUT2D eigenvalue weighted by Crippen LogP contribution is 2.40. The van der Waals surface area contributed by atoms with Gasteiger partial charge in [-0.05, 0) is 63.1 Å². The molecule has 0 radical (unpaired) electrons. The molecule has 3 rings (SSSR count). The fraction of sp³-hybridized carbons (Fsp3) is 0.435. The van der Waals surface area contributed by atoms with Crippen molar-refractivity contribution in [2.45, 2.75) is 58.2 Å². The normalized spacial score (nSPS) is 18.5. The number of amides is 1. The molecule has 31 heavy (non-hydrogen) atoms. The highest BCUT2D eigenvalue weighted by molar-refractivity contribution is 7.92. The molecule has 8 heteroatoms. The first-order chi connectivity index (χ1) is 14.4. The van der Waals surface area contributed by atoms with Gasteiger partial charge < -0.3 is 10.1 Å². The standard InChI is InChI=1S/C23H29FN2O4S/c1-6-20(26(31(5,28)29)17-10-8-16(24)9-11-17)22(27)25-19-14-23(3,4)30-21-13-15(2)7-12-18(19)21/h7-13,19-20H,6,14H2,1-5H3,(H,25,27)/t19-,20-/m1/s1. The van der Waals surface area contributed by atoms with E-state index in [-0.39, 0.29) is 18.2 Å². The molecule has 0 unspecified atom stereocenters. The van der Waals surface area contributed by atoms with Crippen LogP contribution in [-0.4, -0.2) is 32.2 Å². The van der Waals surface area contributed by atoms with Crippen LogP contribution >= 0.6 is 0 Å². The number of hydrogen-bond donors (Lipinski definition) is 1. The molecule has 1 aliphatic rings. The van der Waals surface area contributed by atoms with Gasteiger partial charge in [-0.3, -0.25) is 9.10 Å². The van der Waals surface area contributed by atoms with Crippen molar-refractivity contribution in [1.29, 1.82) is 0 Å². The highest BCUT2D eigenvalue weighted by atomic mass is 32.2. The molecule has 168 valence electrons. The summed E-state index contributed by atoms with van der Waals surface area (Å²) in [6.45, 7) is 7.63. The summed E-state index contributed by atoms with van der Waals surface area (Å²) in [6.07, 6.45) is 1.84. The van der Waals surface area contributed by atoms with Crippen LogP contribution in [0.4, 0.5) is 10.1 Å². The number of rotatable bonds is 6. The smallest absolute Gasteiger partial charge is 0.244 e. The monoisotopic (exact) mass is 448 g/mol. The third-order valence-electron chi connectivity index (χ3n) is 5.35. The third kappa shape index (κ3) is 5.18. The van der Waals surface area contributed by atoms with Gasteiger partial charge in [-0.15, -0.1) is 0 Å². The summed E-state index contributed by atoms with van der Waals surface area (Å²) in [4.78, 5) is 13.3. The Balaban J connectivity index is 1.94. The van der Waals surface area contributed by atoms with Gasteiger partial charge in [0.25, 0.3) is 0 Å². The molecule has 2 aromatic rings. The predicted octanol–water partition coefficient (Wildman–Crippen LogP) is 4.10. The van der Waals surface area contributed by atoms with Gasteiger partial charge in [-0.25, -0.2) is 12.8 Å². The van der Waals surface area contributed by atoms with Crippen molar-refractivity contribution in [3.05, 3.63) is 59.4 Å². The molecular formula is C23H29FN2O4S.